The topological polar surface area (TPSA) is 67.4 Å². The third-order valence-corrected chi connectivity index (χ3v) is 2.76. The number of aromatic nitrogens is 2. The Labute approximate surface area is 128 Å². The third-order valence-electron chi connectivity index (χ3n) is 2.76. The molecule has 2 aromatic rings. The van der Waals surface area contributed by atoms with Crippen molar-refractivity contribution in [1.82, 2.24) is 15.3 Å². The lowest BCUT2D eigenvalue weighted by atomic mass is 10.3. The number of anilines is 1. The van der Waals surface area contributed by atoms with Crippen molar-refractivity contribution >= 4 is 11.9 Å². The second-order valence-electron chi connectivity index (χ2n) is 4.74. The minimum absolute atomic E-state index is 0.0505. The van der Waals surface area contributed by atoms with Crippen molar-refractivity contribution in [1.29, 1.82) is 0 Å². The molecule has 2 rings (SSSR count). The first-order valence-electron chi connectivity index (χ1n) is 6.69. The summed E-state index contributed by atoms with van der Waals surface area (Å²) in [5.74, 6) is -0.237. The second kappa shape index (κ2) is 7.35. The molecule has 0 aliphatic rings. The van der Waals surface area contributed by atoms with Crippen LogP contribution in [0.15, 0.2) is 36.5 Å². The molecule has 116 valence electrons. The fourth-order valence-corrected chi connectivity index (χ4v) is 1.64. The highest BCUT2D eigenvalue weighted by Crippen LogP contribution is 2.14. The molecule has 22 heavy (non-hydrogen) atoms. The van der Waals surface area contributed by atoms with Gasteiger partial charge in [0, 0.05) is 20.3 Å². The van der Waals surface area contributed by atoms with E-state index in [4.69, 9.17) is 4.74 Å². The van der Waals surface area contributed by atoms with Gasteiger partial charge in [0.1, 0.15) is 0 Å². The summed E-state index contributed by atoms with van der Waals surface area (Å²) in [4.78, 5) is 21.8. The van der Waals surface area contributed by atoms with Crippen molar-refractivity contribution in [2.45, 2.75) is 6.54 Å². The molecule has 1 N–H and O–H groups in total. The van der Waals surface area contributed by atoms with Crippen molar-refractivity contribution < 1.29 is 13.9 Å². The molecular formula is C15H17FN4O2. The highest BCUT2D eigenvalue weighted by molar-refractivity contribution is 5.77. The maximum Gasteiger partial charge on any atom is 0.258 e. The van der Waals surface area contributed by atoms with Gasteiger partial charge in [-0.05, 0) is 18.2 Å². The van der Waals surface area contributed by atoms with Crippen LogP contribution < -0.4 is 15.0 Å². The molecule has 0 spiro atoms. The molecule has 0 aliphatic heterocycles. The van der Waals surface area contributed by atoms with Gasteiger partial charge < -0.3 is 15.0 Å². The number of carbonyl (C=O) groups is 1. The number of halogens is 1. The fraction of sp³-hybridized carbons (Fsp3) is 0.267. The minimum atomic E-state index is -0.498. The van der Waals surface area contributed by atoms with Crippen LogP contribution in [0.4, 0.5) is 10.3 Å². The van der Waals surface area contributed by atoms with Gasteiger partial charge in [0.25, 0.3) is 5.91 Å². The standard InChI is InChI=1S/C15H17FN4O2/c1-20(2)15-17-8-7-11(19-15)9-18-14(21)10-22-13-6-4-3-5-12(13)16/h3-8H,9-10H2,1-2H3,(H,18,21). The largest absolute Gasteiger partial charge is 0.481 e. The van der Waals surface area contributed by atoms with E-state index in [9.17, 15) is 9.18 Å². The van der Waals surface area contributed by atoms with Crippen LogP contribution in [0.3, 0.4) is 0 Å². The molecule has 0 fully saturated rings. The number of para-hydroxylation sites is 1. The van der Waals surface area contributed by atoms with E-state index < -0.39 is 5.82 Å². The van der Waals surface area contributed by atoms with Crippen molar-refractivity contribution in [3.05, 3.63) is 48.0 Å². The summed E-state index contributed by atoms with van der Waals surface area (Å²) in [5.41, 5.74) is 0.679. The lowest BCUT2D eigenvalue weighted by Gasteiger charge is -2.11. The molecule has 0 unspecified atom stereocenters. The summed E-state index contributed by atoms with van der Waals surface area (Å²) in [6, 6.07) is 7.65. The van der Waals surface area contributed by atoms with E-state index in [-0.39, 0.29) is 24.8 Å². The predicted octanol–water partition coefficient (Wildman–Crippen LogP) is 1.38. The summed E-state index contributed by atoms with van der Waals surface area (Å²) >= 11 is 0. The predicted molar refractivity (Wildman–Crippen MR) is 80.1 cm³/mol. The number of hydrogen-bond acceptors (Lipinski definition) is 5. The van der Waals surface area contributed by atoms with E-state index in [0.717, 1.165) is 0 Å². The van der Waals surface area contributed by atoms with Crippen LogP contribution in [0.2, 0.25) is 0 Å². The molecule has 0 saturated heterocycles. The minimum Gasteiger partial charge on any atom is -0.481 e. The van der Waals surface area contributed by atoms with Crippen LogP contribution in [-0.4, -0.2) is 36.6 Å². The molecule has 1 amide bonds. The number of nitrogens with zero attached hydrogens (tertiary/aromatic N) is 3. The van der Waals surface area contributed by atoms with E-state index >= 15 is 0 Å². The molecule has 0 radical (unpaired) electrons. The average molecular weight is 304 g/mol. The van der Waals surface area contributed by atoms with Crippen LogP contribution in [0.1, 0.15) is 5.69 Å². The van der Waals surface area contributed by atoms with Crippen molar-refractivity contribution in [2.24, 2.45) is 0 Å². The van der Waals surface area contributed by atoms with Gasteiger partial charge in [0.2, 0.25) is 5.95 Å². The molecule has 0 aliphatic carbocycles. The Kier molecular flexibility index (Phi) is 5.24. The van der Waals surface area contributed by atoms with Gasteiger partial charge in [-0.2, -0.15) is 0 Å². The molecule has 1 aromatic carbocycles. The fourth-order valence-electron chi connectivity index (χ4n) is 1.64. The summed E-state index contributed by atoms with van der Waals surface area (Å²) in [6.45, 7) is -0.00458. The lowest BCUT2D eigenvalue weighted by Crippen LogP contribution is -2.29. The summed E-state index contributed by atoms with van der Waals surface area (Å²) in [5, 5.41) is 2.66. The smallest absolute Gasteiger partial charge is 0.258 e. The van der Waals surface area contributed by atoms with Crippen molar-refractivity contribution in [3.63, 3.8) is 0 Å². The highest BCUT2D eigenvalue weighted by Gasteiger charge is 2.07. The highest BCUT2D eigenvalue weighted by atomic mass is 19.1. The number of hydrogen-bond donors (Lipinski definition) is 1. The normalized spacial score (nSPS) is 10.1. The molecule has 1 aromatic heterocycles. The Balaban J connectivity index is 1.83. The van der Waals surface area contributed by atoms with Gasteiger partial charge in [0.15, 0.2) is 18.2 Å². The Bertz CT molecular complexity index is 649. The number of ether oxygens (including phenoxy) is 1. The number of nitrogens with one attached hydrogen (secondary N) is 1. The Morgan fingerprint density at radius 2 is 2.09 bits per heavy atom. The van der Waals surface area contributed by atoms with Crippen LogP contribution >= 0.6 is 0 Å². The van der Waals surface area contributed by atoms with E-state index in [1.54, 1.807) is 29.3 Å². The number of rotatable bonds is 6. The van der Waals surface area contributed by atoms with Gasteiger partial charge in [-0.1, -0.05) is 12.1 Å². The zero-order valence-corrected chi connectivity index (χ0v) is 12.4. The van der Waals surface area contributed by atoms with E-state index in [2.05, 4.69) is 15.3 Å². The van der Waals surface area contributed by atoms with Crippen LogP contribution in [0.25, 0.3) is 0 Å². The first-order chi connectivity index (χ1) is 10.6. The maximum absolute atomic E-state index is 13.3. The van der Waals surface area contributed by atoms with Gasteiger partial charge in [-0.25, -0.2) is 14.4 Å². The first-order valence-corrected chi connectivity index (χ1v) is 6.69. The van der Waals surface area contributed by atoms with Crippen LogP contribution in [0.5, 0.6) is 5.75 Å². The number of benzene rings is 1. The molecule has 7 heteroatoms. The Morgan fingerprint density at radius 1 is 1.32 bits per heavy atom. The van der Waals surface area contributed by atoms with Gasteiger partial charge in [0.05, 0.1) is 12.2 Å². The molecule has 0 bridgehead atoms. The van der Waals surface area contributed by atoms with Gasteiger partial charge in [-0.3, -0.25) is 4.79 Å². The molecule has 0 saturated carbocycles. The first kappa shape index (κ1) is 15.7. The molecule has 6 nitrogen and oxygen atoms in total. The SMILES string of the molecule is CN(C)c1nccc(CNC(=O)COc2ccccc2F)n1. The second-order valence-corrected chi connectivity index (χ2v) is 4.74. The zero-order valence-electron chi connectivity index (χ0n) is 12.4. The third kappa shape index (κ3) is 4.41. The molecule has 0 atom stereocenters. The lowest BCUT2D eigenvalue weighted by molar-refractivity contribution is -0.123. The van der Waals surface area contributed by atoms with Gasteiger partial charge in [-0.15, -0.1) is 0 Å². The quantitative estimate of drug-likeness (QED) is 0.873. The van der Waals surface area contributed by atoms with Crippen LogP contribution in [0, 0.1) is 5.82 Å². The maximum atomic E-state index is 13.3. The summed E-state index contributed by atoms with van der Waals surface area (Å²) in [6.07, 6.45) is 1.62. The molecule has 1 heterocycles. The number of carbonyl (C=O) groups excluding carboxylic acids is 1. The van der Waals surface area contributed by atoms with E-state index in [1.165, 1.54) is 12.1 Å². The zero-order chi connectivity index (χ0) is 15.9. The monoisotopic (exact) mass is 304 g/mol. The summed E-state index contributed by atoms with van der Waals surface area (Å²) < 4.78 is 18.5. The molecular weight excluding hydrogens is 287 g/mol. The Morgan fingerprint density at radius 3 is 2.82 bits per heavy atom. The Hall–Kier alpha value is -2.70. The van der Waals surface area contributed by atoms with Gasteiger partial charge >= 0.3 is 0 Å². The summed E-state index contributed by atoms with van der Waals surface area (Å²) in [7, 11) is 3.67. The average Bonchev–Trinajstić information content (AvgIpc) is 2.52. The number of amides is 1. The van der Waals surface area contributed by atoms with Crippen molar-refractivity contribution in [2.75, 3.05) is 25.6 Å². The van der Waals surface area contributed by atoms with E-state index in [1.807, 2.05) is 14.1 Å². The van der Waals surface area contributed by atoms with Crippen LogP contribution in [-0.2, 0) is 11.3 Å². The van der Waals surface area contributed by atoms with E-state index in [0.29, 0.717) is 11.6 Å². The van der Waals surface area contributed by atoms with Crippen molar-refractivity contribution in [3.8, 4) is 5.75 Å².